The normalized spacial score (nSPS) is 15.8. The summed E-state index contributed by atoms with van der Waals surface area (Å²) >= 11 is 0. The number of rotatable bonds is 4. The molecule has 0 amide bonds. The Labute approximate surface area is 71.0 Å². The average molecular weight is 152 g/mol. The molecule has 0 heteroatoms. The molecule has 0 saturated carbocycles. The van der Waals surface area contributed by atoms with Crippen LogP contribution in [0, 0.1) is 5.92 Å². The van der Waals surface area contributed by atoms with Crippen LogP contribution in [-0.2, 0) is 0 Å². The molecule has 0 fully saturated rings. The van der Waals surface area contributed by atoms with Gasteiger partial charge < -0.3 is 0 Å². The van der Waals surface area contributed by atoms with E-state index in [4.69, 9.17) is 0 Å². The Balaban J connectivity index is 3.74. The summed E-state index contributed by atoms with van der Waals surface area (Å²) < 4.78 is 0. The highest BCUT2D eigenvalue weighted by Gasteiger charge is 1.96. The van der Waals surface area contributed by atoms with E-state index < -0.39 is 0 Å². The monoisotopic (exact) mass is 152 g/mol. The fourth-order valence-corrected chi connectivity index (χ4v) is 1.34. The molecule has 0 aromatic rings. The van der Waals surface area contributed by atoms with Crippen LogP contribution in [0.4, 0.5) is 0 Å². The Morgan fingerprint density at radius 2 is 2.09 bits per heavy atom. The van der Waals surface area contributed by atoms with Crippen molar-refractivity contribution in [1.82, 2.24) is 0 Å². The van der Waals surface area contributed by atoms with Gasteiger partial charge in [0.1, 0.15) is 0 Å². The maximum Gasteiger partial charge on any atom is -0.0225 e. The van der Waals surface area contributed by atoms with Crippen LogP contribution >= 0.6 is 0 Å². The van der Waals surface area contributed by atoms with Gasteiger partial charge in [-0.1, -0.05) is 37.6 Å². The second kappa shape index (κ2) is 6.21. The molecule has 0 aliphatic carbocycles. The van der Waals surface area contributed by atoms with Crippen molar-refractivity contribution in [3.05, 3.63) is 23.8 Å². The van der Waals surface area contributed by atoms with E-state index in [0.717, 1.165) is 6.42 Å². The third-order valence-corrected chi connectivity index (χ3v) is 1.72. The predicted molar refractivity (Wildman–Crippen MR) is 52.6 cm³/mol. The molecule has 0 bridgehead atoms. The third-order valence-electron chi connectivity index (χ3n) is 1.72. The average Bonchev–Trinajstić information content (AvgIpc) is 1.87. The van der Waals surface area contributed by atoms with Gasteiger partial charge in [-0.15, -0.1) is 0 Å². The minimum atomic E-state index is 0.697. The molecule has 0 aliphatic heterocycles. The van der Waals surface area contributed by atoms with Crippen LogP contribution in [0.1, 0.15) is 40.5 Å². The molecule has 0 nitrogen and oxygen atoms in total. The lowest BCUT2D eigenvalue weighted by atomic mass is 10.0. The van der Waals surface area contributed by atoms with E-state index in [1.807, 2.05) is 0 Å². The second-order valence-corrected chi connectivity index (χ2v) is 3.17. The Morgan fingerprint density at radius 1 is 1.45 bits per heavy atom. The highest BCUT2D eigenvalue weighted by Crippen LogP contribution is 2.12. The molecule has 0 radical (unpaired) electrons. The predicted octanol–water partition coefficient (Wildman–Crippen LogP) is 3.95. The summed E-state index contributed by atoms with van der Waals surface area (Å²) in [5.74, 6) is 0.697. The molecule has 11 heavy (non-hydrogen) atoms. The molecule has 0 N–H and O–H groups in total. The zero-order valence-electron chi connectivity index (χ0n) is 8.22. The lowest BCUT2D eigenvalue weighted by molar-refractivity contribution is 0.713. The Hall–Kier alpha value is -0.520. The molecule has 0 rings (SSSR count). The van der Waals surface area contributed by atoms with Crippen LogP contribution in [0.2, 0.25) is 0 Å². The molecule has 0 spiro atoms. The SMILES string of the molecule is CC=CC(C)CC(C)=CCC. The summed E-state index contributed by atoms with van der Waals surface area (Å²) in [4.78, 5) is 0. The molecule has 0 aromatic carbocycles. The Morgan fingerprint density at radius 3 is 2.55 bits per heavy atom. The molecule has 1 atom stereocenters. The molecular formula is C11H20. The molecule has 64 valence electrons. The lowest BCUT2D eigenvalue weighted by Crippen LogP contribution is -1.89. The number of hydrogen-bond acceptors (Lipinski definition) is 0. The van der Waals surface area contributed by atoms with E-state index in [1.165, 1.54) is 12.0 Å². The van der Waals surface area contributed by atoms with Gasteiger partial charge in [-0.25, -0.2) is 0 Å². The van der Waals surface area contributed by atoms with Crippen LogP contribution in [-0.4, -0.2) is 0 Å². The maximum absolute atomic E-state index is 2.31. The van der Waals surface area contributed by atoms with Crippen molar-refractivity contribution < 1.29 is 0 Å². The number of allylic oxidation sites excluding steroid dienone is 4. The van der Waals surface area contributed by atoms with E-state index in [0.29, 0.717) is 5.92 Å². The van der Waals surface area contributed by atoms with E-state index in [2.05, 4.69) is 45.9 Å². The van der Waals surface area contributed by atoms with Gasteiger partial charge >= 0.3 is 0 Å². The van der Waals surface area contributed by atoms with Crippen molar-refractivity contribution in [3.8, 4) is 0 Å². The fourth-order valence-electron chi connectivity index (χ4n) is 1.34. The first-order valence-corrected chi connectivity index (χ1v) is 4.49. The van der Waals surface area contributed by atoms with Gasteiger partial charge in [0, 0.05) is 0 Å². The Bertz CT molecular complexity index is 140. The van der Waals surface area contributed by atoms with Crippen molar-refractivity contribution in [2.75, 3.05) is 0 Å². The highest BCUT2D eigenvalue weighted by molar-refractivity contribution is 5.01. The lowest BCUT2D eigenvalue weighted by Gasteiger charge is -2.05. The van der Waals surface area contributed by atoms with Crippen molar-refractivity contribution in [2.24, 2.45) is 5.92 Å². The third kappa shape index (κ3) is 5.90. The van der Waals surface area contributed by atoms with E-state index >= 15 is 0 Å². The summed E-state index contributed by atoms with van der Waals surface area (Å²) in [7, 11) is 0. The molecule has 1 unspecified atom stereocenters. The van der Waals surface area contributed by atoms with Gasteiger partial charge in [-0.3, -0.25) is 0 Å². The van der Waals surface area contributed by atoms with E-state index in [9.17, 15) is 0 Å². The minimum Gasteiger partial charge on any atom is -0.0914 e. The molecule has 0 heterocycles. The van der Waals surface area contributed by atoms with Crippen molar-refractivity contribution >= 4 is 0 Å². The standard InChI is InChI=1S/C11H20/c1-5-7-10(3)9-11(4)8-6-2/h5,7-8,10H,6,9H2,1-4H3. The minimum absolute atomic E-state index is 0.697. The summed E-state index contributed by atoms with van der Waals surface area (Å²) in [5.41, 5.74) is 1.51. The quantitative estimate of drug-likeness (QED) is 0.535. The van der Waals surface area contributed by atoms with Gasteiger partial charge in [0.05, 0.1) is 0 Å². The van der Waals surface area contributed by atoms with Gasteiger partial charge in [0.25, 0.3) is 0 Å². The summed E-state index contributed by atoms with van der Waals surface area (Å²) in [6.07, 6.45) is 9.06. The largest absolute Gasteiger partial charge is 0.0914 e. The molecule has 0 aliphatic rings. The number of hydrogen-bond donors (Lipinski definition) is 0. The topological polar surface area (TPSA) is 0 Å². The zero-order chi connectivity index (χ0) is 8.69. The molecule has 0 saturated heterocycles. The molecular weight excluding hydrogens is 132 g/mol. The van der Waals surface area contributed by atoms with Crippen molar-refractivity contribution in [2.45, 2.75) is 40.5 Å². The van der Waals surface area contributed by atoms with E-state index in [1.54, 1.807) is 0 Å². The fraction of sp³-hybridized carbons (Fsp3) is 0.636. The van der Waals surface area contributed by atoms with Crippen LogP contribution in [0.5, 0.6) is 0 Å². The van der Waals surface area contributed by atoms with E-state index in [-0.39, 0.29) is 0 Å². The van der Waals surface area contributed by atoms with Crippen LogP contribution in [0.3, 0.4) is 0 Å². The van der Waals surface area contributed by atoms with Crippen LogP contribution < -0.4 is 0 Å². The van der Waals surface area contributed by atoms with Gasteiger partial charge in [-0.2, -0.15) is 0 Å². The van der Waals surface area contributed by atoms with Gasteiger partial charge in [-0.05, 0) is 32.6 Å². The smallest absolute Gasteiger partial charge is 0.0225 e. The summed E-state index contributed by atoms with van der Waals surface area (Å²) in [6.45, 7) is 8.73. The van der Waals surface area contributed by atoms with Gasteiger partial charge in [0.2, 0.25) is 0 Å². The first-order chi connectivity index (χ1) is 5.20. The van der Waals surface area contributed by atoms with Gasteiger partial charge in [0.15, 0.2) is 0 Å². The summed E-state index contributed by atoms with van der Waals surface area (Å²) in [5, 5.41) is 0. The zero-order valence-corrected chi connectivity index (χ0v) is 8.22. The van der Waals surface area contributed by atoms with Crippen molar-refractivity contribution in [3.63, 3.8) is 0 Å². The first-order valence-electron chi connectivity index (χ1n) is 4.49. The maximum atomic E-state index is 2.31. The van der Waals surface area contributed by atoms with Crippen LogP contribution in [0.15, 0.2) is 23.8 Å². The second-order valence-electron chi connectivity index (χ2n) is 3.17. The van der Waals surface area contributed by atoms with Crippen molar-refractivity contribution in [1.29, 1.82) is 0 Å². The Kier molecular flexibility index (Phi) is 5.91. The summed E-state index contributed by atoms with van der Waals surface area (Å²) in [6, 6.07) is 0. The van der Waals surface area contributed by atoms with Crippen LogP contribution in [0.25, 0.3) is 0 Å². The first kappa shape index (κ1) is 10.5. The highest BCUT2D eigenvalue weighted by atomic mass is 14.0. The molecule has 0 aromatic heterocycles.